The lowest BCUT2D eigenvalue weighted by molar-refractivity contribution is -0.132. The topological polar surface area (TPSA) is 64.7 Å². The van der Waals surface area contributed by atoms with Crippen molar-refractivity contribution in [3.63, 3.8) is 0 Å². The zero-order chi connectivity index (χ0) is 18.4. The zero-order valence-electron chi connectivity index (χ0n) is 16.0. The molecule has 6 nitrogen and oxygen atoms in total. The molecule has 3 heterocycles. The number of thiophene rings is 1. The maximum absolute atomic E-state index is 12.5. The van der Waals surface area contributed by atoms with Crippen LogP contribution in [0, 0.1) is 5.92 Å². The molecule has 0 spiro atoms. The van der Waals surface area contributed by atoms with Gasteiger partial charge in [0.05, 0.1) is 19.1 Å². The van der Waals surface area contributed by atoms with Gasteiger partial charge in [0.25, 0.3) is 0 Å². The number of piperidine rings is 1. The van der Waals surface area contributed by atoms with Crippen molar-refractivity contribution in [2.24, 2.45) is 5.92 Å². The van der Waals surface area contributed by atoms with Crippen LogP contribution in [0.15, 0.2) is 17.5 Å². The van der Waals surface area contributed by atoms with Gasteiger partial charge in [-0.15, -0.1) is 23.7 Å². The fourth-order valence-corrected chi connectivity index (χ4v) is 4.53. The van der Waals surface area contributed by atoms with Crippen LogP contribution in [-0.2, 0) is 16.1 Å². The fraction of sp³-hybridized carbons (Fsp3) is 0.684. The first kappa shape index (κ1) is 22.1. The summed E-state index contributed by atoms with van der Waals surface area (Å²) in [4.78, 5) is 29.9. The van der Waals surface area contributed by atoms with Gasteiger partial charge in [0.15, 0.2) is 0 Å². The highest BCUT2D eigenvalue weighted by Crippen LogP contribution is 2.17. The Morgan fingerprint density at radius 2 is 2.22 bits per heavy atom. The first-order valence-corrected chi connectivity index (χ1v) is 10.5. The summed E-state index contributed by atoms with van der Waals surface area (Å²) in [5.74, 6) is 0.731. The molecule has 2 saturated heterocycles. The number of hydrogen-bond donors (Lipinski definition) is 2. The summed E-state index contributed by atoms with van der Waals surface area (Å²) < 4.78 is 0. The Morgan fingerprint density at radius 1 is 1.37 bits per heavy atom. The molecule has 8 heteroatoms. The predicted molar refractivity (Wildman–Crippen MR) is 111 cm³/mol. The summed E-state index contributed by atoms with van der Waals surface area (Å²) in [5, 5.41) is 8.38. The van der Waals surface area contributed by atoms with Crippen LogP contribution in [-0.4, -0.2) is 67.4 Å². The molecule has 0 bridgehead atoms. The molecule has 1 aromatic rings. The molecule has 2 unspecified atom stereocenters. The number of hydrogen-bond acceptors (Lipinski definition) is 5. The highest BCUT2D eigenvalue weighted by atomic mass is 35.5. The summed E-state index contributed by atoms with van der Waals surface area (Å²) in [6.45, 7) is 4.65. The lowest BCUT2D eigenvalue weighted by Gasteiger charge is -2.33. The van der Waals surface area contributed by atoms with Gasteiger partial charge in [0.1, 0.15) is 0 Å². The van der Waals surface area contributed by atoms with Gasteiger partial charge in [-0.05, 0) is 56.1 Å². The minimum Gasteiger partial charge on any atom is -0.354 e. The van der Waals surface area contributed by atoms with Crippen molar-refractivity contribution < 1.29 is 9.59 Å². The third-order valence-electron chi connectivity index (χ3n) is 5.30. The van der Waals surface area contributed by atoms with Crippen molar-refractivity contribution in [1.82, 2.24) is 20.4 Å². The zero-order valence-corrected chi connectivity index (χ0v) is 17.6. The lowest BCUT2D eigenvalue weighted by atomic mass is 9.97. The Balaban J connectivity index is 0.00000261. The average Bonchev–Trinajstić information content (AvgIpc) is 3.33. The van der Waals surface area contributed by atoms with E-state index >= 15 is 0 Å². The third-order valence-corrected chi connectivity index (χ3v) is 6.16. The van der Waals surface area contributed by atoms with Crippen LogP contribution < -0.4 is 10.6 Å². The Kier molecular flexibility index (Phi) is 9.02. The summed E-state index contributed by atoms with van der Waals surface area (Å²) in [5.41, 5.74) is 0. The molecule has 0 aromatic carbocycles. The van der Waals surface area contributed by atoms with Crippen LogP contribution in [0.4, 0.5) is 0 Å². The largest absolute Gasteiger partial charge is 0.354 e. The molecule has 1 aromatic heterocycles. The standard InChI is InChI=1S/C19H30N4O2S.ClH/c1-22(13-16-6-4-10-26-16)18(24)14-23-9-3-5-15(12-23)11-21-19(25)17-7-2-8-20-17;/h4,6,10,15,17,20H,2-3,5,7-9,11-14H2,1H3,(H,21,25);1H. The molecule has 0 aliphatic carbocycles. The summed E-state index contributed by atoms with van der Waals surface area (Å²) in [6, 6.07) is 4.07. The van der Waals surface area contributed by atoms with Crippen molar-refractivity contribution in [2.45, 2.75) is 38.3 Å². The van der Waals surface area contributed by atoms with E-state index in [1.54, 1.807) is 11.3 Å². The number of nitrogens with zero attached hydrogens (tertiary/aromatic N) is 2. The fourth-order valence-electron chi connectivity index (χ4n) is 3.77. The monoisotopic (exact) mass is 414 g/mol. The van der Waals surface area contributed by atoms with E-state index in [1.807, 2.05) is 23.4 Å². The summed E-state index contributed by atoms with van der Waals surface area (Å²) in [7, 11) is 1.87. The SMILES string of the molecule is CN(Cc1cccs1)C(=O)CN1CCCC(CNC(=O)C2CCCN2)C1.Cl. The van der Waals surface area contributed by atoms with Crippen molar-refractivity contribution >= 4 is 35.6 Å². The smallest absolute Gasteiger partial charge is 0.237 e. The van der Waals surface area contributed by atoms with Gasteiger partial charge in [-0.3, -0.25) is 14.5 Å². The number of likely N-dealkylation sites (tertiary alicyclic amines) is 1. The van der Waals surface area contributed by atoms with E-state index < -0.39 is 0 Å². The third kappa shape index (κ3) is 6.75. The number of likely N-dealkylation sites (N-methyl/N-ethyl adjacent to an activating group) is 1. The molecule has 2 N–H and O–H groups in total. The Hall–Kier alpha value is -1.15. The van der Waals surface area contributed by atoms with Gasteiger partial charge in [-0.1, -0.05) is 6.07 Å². The van der Waals surface area contributed by atoms with Crippen LogP contribution in [0.25, 0.3) is 0 Å². The number of amides is 2. The van der Waals surface area contributed by atoms with E-state index in [0.29, 0.717) is 25.6 Å². The number of nitrogens with one attached hydrogen (secondary N) is 2. The molecule has 2 atom stereocenters. The van der Waals surface area contributed by atoms with Crippen molar-refractivity contribution in [2.75, 3.05) is 39.8 Å². The van der Waals surface area contributed by atoms with E-state index in [-0.39, 0.29) is 30.3 Å². The van der Waals surface area contributed by atoms with Crippen LogP contribution in [0.3, 0.4) is 0 Å². The lowest BCUT2D eigenvalue weighted by Crippen LogP contribution is -2.47. The van der Waals surface area contributed by atoms with Crippen LogP contribution in [0.2, 0.25) is 0 Å². The number of carbonyl (C=O) groups excluding carboxylic acids is 2. The van der Waals surface area contributed by atoms with E-state index in [2.05, 4.69) is 21.6 Å². The Bertz CT molecular complexity index is 593. The second kappa shape index (κ2) is 11.0. The highest BCUT2D eigenvalue weighted by Gasteiger charge is 2.25. The maximum Gasteiger partial charge on any atom is 0.237 e. The minimum atomic E-state index is -0.0119. The second-order valence-corrected chi connectivity index (χ2v) is 8.50. The molecule has 0 saturated carbocycles. The van der Waals surface area contributed by atoms with E-state index in [9.17, 15) is 9.59 Å². The minimum absolute atomic E-state index is 0. The first-order chi connectivity index (χ1) is 12.6. The molecule has 2 amide bonds. The molecule has 2 aliphatic rings. The Morgan fingerprint density at radius 3 is 2.93 bits per heavy atom. The summed E-state index contributed by atoms with van der Waals surface area (Å²) >= 11 is 1.68. The van der Waals surface area contributed by atoms with Crippen LogP contribution in [0.5, 0.6) is 0 Å². The van der Waals surface area contributed by atoms with E-state index in [0.717, 1.165) is 45.3 Å². The van der Waals surface area contributed by atoms with Crippen LogP contribution >= 0.6 is 23.7 Å². The van der Waals surface area contributed by atoms with Gasteiger partial charge < -0.3 is 15.5 Å². The molecular weight excluding hydrogens is 384 g/mol. The van der Waals surface area contributed by atoms with Gasteiger partial charge in [0.2, 0.25) is 11.8 Å². The number of halogens is 1. The van der Waals surface area contributed by atoms with Gasteiger partial charge in [-0.25, -0.2) is 0 Å². The van der Waals surface area contributed by atoms with E-state index in [4.69, 9.17) is 0 Å². The first-order valence-electron chi connectivity index (χ1n) is 9.61. The quantitative estimate of drug-likeness (QED) is 0.712. The van der Waals surface area contributed by atoms with Gasteiger partial charge in [-0.2, -0.15) is 0 Å². The van der Waals surface area contributed by atoms with Crippen molar-refractivity contribution in [1.29, 1.82) is 0 Å². The molecule has 3 rings (SSSR count). The van der Waals surface area contributed by atoms with Crippen molar-refractivity contribution in [3.05, 3.63) is 22.4 Å². The average molecular weight is 415 g/mol. The van der Waals surface area contributed by atoms with Gasteiger partial charge in [0, 0.05) is 25.0 Å². The van der Waals surface area contributed by atoms with Crippen LogP contribution in [0.1, 0.15) is 30.6 Å². The highest BCUT2D eigenvalue weighted by molar-refractivity contribution is 7.09. The molecule has 27 heavy (non-hydrogen) atoms. The number of rotatable bonds is 7. The Labute approximate surface area is 172 Å². The normalized spacial score (nSPS) is 22.9. The number of carbonyl (C=O) groups is 2. The molecule has 0 radical (unpaired) electrons. The van der Waals surface area contributed by atoms with Gasteiger partial charge >= 0.3 is 0 Å². The predicted octanol–water partition coefficient (Wildman–Crippen LogP) is 1.71. The van der Waals surface area contributed by atoms with E-state index in [1.165, 1.54) is 4.88 Å². The summed E-state index contributed by atoms with van der Waals surface area (Å²) in [6.07, 6.45) is 4.22. The molecular formula is C19H31ClN4O2S. The second-order valence-electron chi connectivity index (χ2n) is 7.47. The molecule has 2 aliphatic heterocycles. The molecule has 152 valence electrons. The maximum atomic E-state index is 12.5. The molecule has 2 fully saturated rings. The van der Waals surface area contributed by atoms with Crippen molar-refractivity contribution in [3.8, 4) is 0 Å².